The Morgan fingerprint density at radius 2 is 2.44 bits per heavy atom. The predicted molar refractivity (Wildman–Crippen MR) is 35.7 cm³/mol. The van der Waals surface area contributed by atoms with Crippen molar-refractivity contribution in [2.45, 2.75) is 26.2 Å². The van der Waals surface area contributed by atoms with E-state index in [1.165, 1.54) is 19.3 Å². The van der Waals surface area contributed by atoms with E-state index < -0.39 is 0 Å². The van der Waals surface area contributed by atoms with Crippen LogP contribution in [0.4, 0.5) is 0 Å². The summed E-state index contributed by atoms with van der Waals surface area (Å²) in [6.45, 7) is 2.23. The van der Waals surface area contributed by atoms with E-state index in [0.29, 0.717) is 0 Å². The van der Waals surface area contributed by atoms with Crippen LogP contribution in [0.3, 0.4) is 0 Å². The molecule has 0 saturated carbocycles. The van der Waals surface area contributed by atoms with Crippen molar-refractivity contribution in [1.29, 1.82) is 0 Å². The van der Waals surface area contributed by atoms with Crippen molar-refractivity contribution in [3.63, 3.8) is 0 Å². The van der Waals surface area contributed by atoms with E-state index in [1.54, 1.807) is 33.6 Å². The van der Waals surface area contributed by atoms with Gasteiger partial charge in [-0.05, 0) is 0 Å². The van der Waals surface area contributed by atoms with Gasteiger partial charge in [0.2, 0.25) is 0 Å². The van der Waals surface area contributed by atoms with Crippen LogP contribution in [0.15, 0.2) is 21.0 Å². The van der Waals surface area contributed by atoms with Crippen molar-refractivity contribution in [3.05, 3.63) is 21.0 Å². The van der Waals surface area contributed by atoms with Gasteiger partial charge in [-0.1, -0.05) is 0 Å². The Hall–Kier alpha value is 0.363. The molecule has 0 spiro atoms. The maximum atomic E-state index is 2.35. The van der Waals surface area contributed by atoms with Crippen molar-refractivity contribution >= 4 is 0 Å². The molecule has 0 aromatic heterocycles. The van der Waals surface area contributed by atoms with Crippen LogP contribution in [0.25, 0.3) is 0 Å². The van der Waals surface area contributed by atoms with Crippen LogP contribution < -0.4 is 0 Å². The predicted octanol–water partition coefficient (Wildman–Crippen LogP) is 2.55. The van der Waals surface area contributed by atoms with Crippen LogP contribution in [0.5, 0.6) is 0 Å². The van der Waals surface area contributed by atoms with Gasteiger partial charge >= 0.3 is 71.9 Å². The molecule has 0 N–H and O–H groups in total. The van der Waals surface area contributed by atoms with Gasteiger partial charge < -0.3 is 0 Å². The van der Waals surface area contributed by atoms with E-state index in [2.05, 4.69) is 19.1 Å². The molecule has 0 radical (unpaired) electrons. The zero-order valence-electron chi connectivity index (χ0n) is 5.78. The summed E-state index contributed by atoms with van der Waals surface area (Å²) in [7, 11) is 0. The third-order valence-corrected chi connectivity index (χ3v) is 2.34. The van der Waals surface area contributed by atoms with Crippen LogP contribution in [-0.4, -0.2) is 0 Å². The van der Waals surface area contributed by atoms with Crippen molar-refractivity contribution in [3.8, 4) is 0 Å². The van der Waals surface area contributed by atoms with Crippen molar-refractivity contribution in [2.75, 3.05) is 0 Å². The summed E-state index contributed by atoms with van der Waals surface area (Å²) in [4.78, 5) is 0. The number of hydrogen-bond acceptors (Lipinski definition) is 0. The van der Waals surface area contributed by atoms with Gasteiger partial charge in [-0.3, -0.25) is 0 Å². The summed E-state index contributed by atoms with van der Waals surface area (Å²) in [6.07, 6.45) is 8.49. The molecule has 0 aromatic carbocycles. The molecule has 1 aliphatic carbocycles. The second kappa shape index (κ2) is 3.51. The summed E-state index contributed by atoms with van der Waals surface area (Å²) < 4.78 is 1.60. The van der Waals surface area contributed by atoms with Gasteiger partial charge in [-0.25, -0.2) is 0 Å². The average Bonchev–Trinajstić information content (AvgIpc) is 2.17. The van der Waals surface area contributed by atoms with Crippen molar-refractivity contribution < 1.29 is 24.7 Å². The van der Waals surface area contributed by atoms with Gasteiger partial charge in [0, 0.05) is 0 Å². The van der Waals surface area contributed by atoms with Crippen LogP contribution in [-0.2, 0) is 24.7 Å². The first kappa shape index (κ1) is 7.47. The van der Waals surface area contributed by atoms with Crippen LogP contribution in [0, 0.1) is 0 Å². The monoisotopic (exact) mass is 197 g/mol. The molecule has 0 amide bonds. The molecule has 0 atom stereocenters. The minimum atomic E-state index is 1.23. The first-order valence-electron chi connectivity index (χ1n) is 3.44. The normalized spacial score (nSPS) is 17.3. The zero-order valence-corrected chi connectivity index (χ0v) is 8.23. The van der Waals surface area contributed by atoms with Gasteiger partial charge in [-0.2, -0.15) is 0 Å². The topological polar surface area (TPSA) is 0 Å². The Kier molecular flexibility index (Phi) is 2.91. The molecular formula is C8H11Zr. The second-order valence-electron chi connectivity index (χ2n) is 2.40. The van der Waals surface area contributed by atoms with Gasteiger partial charge in [0.15, 0.2) is 0 Å². The summed E-state index contributed by atoms with van der Waals surface area (Å²) in [5, 5.41) is 0. The van der Waals surface area contributed by atoms with Crippen LogP contribution in [0.1, 0.15) is 26.2 Å². The fourth-order valence-corrected chi connectivity index (χ4v) is 1.75. The fraction of sp³-hybridized carbons (Fsp3) is 0.500. The molecule has 0 bridgehead atoms. The van der Waals surface area contributed by atoms with E-state index in [9.17, 15) is 0 Å². The fourth-order valence-electron chi connectivity index (χ4n) is 1.05. The maximum absolute atomic E-state index is 2.35. The molecule has 0 saturated heterocycles. The van der Waals surface area contributed by atoms with E-state index in [4.69, 9.17) is 0 Å². The molecule has 1 aliphatic rings. The van der Waals surface area contributed by atoms with E-state index in [1.807, 2.05) is 0 Å². The number of hydrogen-bond donors (Lipinski definition) is 0. The molecule has 9 heavy (non-hydrogen) atoms. The second-order valence-corrected chi connectivity index (χ2v) is 3.98. The Balaban J connectivity index is 2.43. The Morgan fingerprint density at radius 1 is 1.67 bits per heavy atom. The molecular weight excluding hydrogens is 187 g/mol. The summed E-state index contributed by atoms with van der Waals surface area (Å²) in [5.41, 5.74) is 1.56. The molecule has 0 nitrogen and oxygen atoms in total. The van der Waals surface area contributed by atoms with Gasteiger partial charge in [0.1, 0.15) is 0 Å². The first-order chi connectivity index (χ1) is 4.33. The average molecular weight is 198 g/mol. The zero-order chi connectivity index (χ0) is 6.69. The summed E-state index contributed by atoms with van der Waals surface area (Å²) >= 11 is 1.59. The molecule has 0 aliphatic heterocycles. The SMILES string of the molecule is CCCC1=CC[C]([Zr])=C1. The summed E-state index contributed by atoms with van der Waals surface area (Å²) in [6, 6.07) is 0. The molecule has 0 heterocycles. The van der Waals surface area contributed by atoms with E-state index in [-0.39, 0.29) is 0 Å². The molecule has 1 rings (SSSR count). The quantitative estimate of drug-likeness (QED) is 0.640. The van der Waals surface area contributed by atoms with E-state index >= 15 is 0 Å². The molecule has 0 fully saturated rings. The van der Waals surface area contributed by atoms with Crippen molar-refractivity contribution in [2.24, 2.45) is 0 Å². The van der Waals surface area contributed by atoms with Gasteiger partial charge in [0.05, 0.1) is 0 Å². The first-order valence-corrected chi connectivity index (χ1v) is 4.67. The minimum absolute atomic E-state index is 1.23. The molecule has 1 heteroatoms. The van der Waals surface area contributed by atoms with Crippen molar-refractivity contribution in [1.82, 2.24) is 0 Å². The van der Waals surface area contributed by atoms with Crippen LogP contribution >= 0.6 is 0 Å². The number of allylic oxidation sites excluding steroid dienone is 4. The summed E-state index contributed by atoms with van der Waals surface area (Å²) in [5.74, 6) is 0. The Labute approximate surface area is 71.9 Å². The third kappa shape index (κ3) is 2.22. The molecule has 0 unspecified atom stereocenters. The van der Waals surface area contributed by atoms with Gasteiger partial charge in [-0.15, -0.1) is 0 Å². The molecule has 0 aromatic rings. The standard InChI is InChI=1S/C8H11.Zr/c1-2-5-8-6-3-4-7-8;/h6-7H,2-3,5H2,1H3;. The number of rotatable bonds is 2. The van der Waals surface area contributed by atoms with E-state index in [0.717, 1.165) is 0 Å². The molecule has 47 valence electrons. The third-order valence-electron chi connectivity index (χ3n) is 1.48. The Bertz CT molecular complexity index is 154. The Morgan fingerprint density at radius 3 is 2.89 bits per heavy atom. The van der Waals surface area contributed by atoms with Crippen LogP contribution in [0.2, 0.25) is 0 Å². The van der Waals surface area contributed by atoms with Gasteiger partial charge in [0.25, 0.3) is 0 Å².